The van der Waals surface area contributed by atoms with Gasteiger partial charge in [0, 0.05) is 18.9 Å². The van der Waals surface area contributed by atoms with E-state index in [2.05, 4.69) is 4.98 Å². The Morgan fingerprint density at radius 1 is 1.28 bits per heavy atom. The third-order valence-corrected chi connectivity index (χ3v) is 3.01. The van der Waals surface area contributed by atoms with E-state index < -0.39 is 0 Å². The van der Waals surface area contributed by atoms with Gasteiger partial charge < -0.3 is 10.5 Å². The SMILES string of the molecule is CC(Oc1ccc(CN)cc1Cl)c1ccncc1. The van der Waals surface area contributed by atoms with Gasteiger partial charge in [-0.1, -0.05) is 17.7 Å². The van der Waals surface area contributed by atoms with E-state index in [1.165, 1.54) is 0 Å². The van der Waals surface area contributed by atoms with Crippen LogP contribution < -0.4 is 10.5 Å². The van der Waals surface area contributed by atoms with Gasteiger partial charge in [-0.15, -0.1) is 0 Å². The van der Waals surface area contributed by atoms with Gasteiger partial charge >= 0.3 is 0 Å². The van der Waals surface area contributed by atoms with Gasteiger partial charge in [0.1, 0.15) is 11.9 Å². The molecule has 1 aromatic heterocycles. The molecule has 0 radical (unpaired) electrons. The van der Waals surface area contributed by atoms with E-state index in [1.807, 2.05) is 37.3 Å². The van der Waals surface area contributed by atoms with Crippen LogP contribution in [-0.2, 0) is 6.54 Å². The van der Waals surface area contributed by atoms with E-state index in [-0.39, 0.29) is 6.10 Å². The Morgan fingerprint density at radius 2 is 2.00 bits per heavy atom. The molecule has 0 amide bonds. The molecule has 0 saturated carbocycles. The molecule has 1 heterocycles. The molecule has 0 spiro atoms. The minimum absolute atomic E-state index is 0.0748. The quantitative estimate of drug-likeness (QED) is 0.919. The minimum Gasteiger partial charge on any atom is -0.484 e. The number of pyridine rings is 1. The van der Waals surface area contributed by atoms with E-state index >= 15 is 0 Å². The summed E-state index contributed by atoms with van der Waals surface area (Å²) in [4.78, 5) is 3.98. The van der Waals surface area contributed by atoms with Crippen LogP contribution in [0.25, 0.3) is 0 Å². The van der Waals surface area contributed by atoms with Crippen LogP contribution >= 0.6 is 11.6 Å². The second-order valence-electron chi connectivity index (χ2n) is 4.01. The molecule has 1 atom stereocenters. The molecule has 0 aliphatic heterocycles. The van der Waals surface area contributed by atoms with Crippen LogP contribution in [0.4, 0.5) is 0 Å². The maximum absolute atomic E-state index is 6.15. The monoisotopic (exact) mass is 262 g/mol. The number of nitrogens with zero attached hydrogens (tertiary/aromatic N) is 1. The van der Waals surface area contributed by atoms with Crippen molar-refractivity contribution in [3.63, 3.8) is 0 Å². The fraction of sp³-hybridized carbons (Fsp3) is 0.214. The first kappa shape index (κ1) is 12.9. The van der Waals surface area contributed by atoms with Gasteiger partial charge in [0.2, 0.25) is 0 Å². The molecule has 2 N–H and O–H groups in total. The van der Waals surface area contributed by atoms with Gasteiger partial charge in [0.05, 0.1) is 5.02 Å². The van der Waals surface area contributed by atoms with Crippen molar-refractivity contribution in [2.24, 2.45) is 5.73 Å². The fourth-order valence-electron chi connectivity index (χ4n) is 1.66. The molecule has 0 saturated heterocycles. The van der Waals surface area contributed by atoms with Crippen LogP contribution in [0.1, 0.15) is 24.2 Å². The summed E-state index contributed by atoms with van der Waals surface area (Å²) in [6.45, 7) is 2.45. The first-order chi connectivity index (χ1) is 8.70. The molecule has 3 nitrogen and oxygen atoms in total. The molecule has 1 unspecified atom stereocenters. The molecule has 1 aromatic carbocycles. The van der Waals surface area contributed by atoms with Crippen LogP contribution in [0.15, 0.2) is 42.7 Å². The molecule has 4 heteroatoms. The average Bonchev–Trinajstić information content (AvgIpc) is 2.42. The minimum atomic E-state index is -0.0748. The summed E-state index contributed by atoms with van der Waals surface area (Å²) >= 11 is 6.15. The smallest absolute Gasteiger partial charge is 0.138 e. The number of nitrogens with two attached hydrogens (primary N) is 1. The van der Waals surface area contributed by atoms with E-state index in [0.29, 0.717) is 17.3 Å². The normalized spacial score (nSPS) is 12.2. The van der Waals surface area contributed by atoms with Crippen LogP contribution in [0.5, 0.6) is 5.75 Å². The predicted molar refractivity (Wildman–Crippen MR) is 72.6 cm³/mol. The highest BCUT2D eigenvalue weighted by Gasteiger charge is 2.09. The maximum Gasteiger partial charge on any atom is 0.138 e. The first-order valence-corrected chi connectivity index (χ1v) is 6.13. The maximum atomic E-state index is 6.15. The van der Waals surface area contributed by atoms with E-state index in [1.54, 1.807) is 12.4 Å². The molecule has 0 fully saturated rings. The van der Waals surface area contributed by atoms with Gasteiger partial charge in [-0.2, -0.15) is 0 Å². The topological polar surface area (TPSA) is 48.1 Å². The number of halogens is 1. The summed E-state index contributed by atoms with van der Waals surface area (Å²) < 4.78 is 5.83. The largest absolute Gasteiger partial charge is 0.484 e. The molecular weight excluding hydrogens is 248 g/mol. The Balaban J connectivity index is 2.14. The zero-order valence-corrected chi connectivity index (χ0v) is 10.9. The highest BCUT2D eigenvalue weighted by atomic mass is 35.5. The summed E-state index contributed by atoms with van der Waals surface area (Å²) in [5.74, 6) is 0.665. The number of ether oxygens (including phenoxy) is 1. The summed E-state index contributed by atoms with van der Waals surface area (Å²) in [7, 11) is 0. The van der Waals surface area contributed by atoms with Crippen molar-refractivity contribution in [3.05, 3.63) is 58.9 Å². The average molecular weight is 263 g/mol. The lowest BCUT2D eigenvalue weighted by Crippen LogP contribution is -2.04. The number of hydrogen-bond donors (Lipinski definition) is 1. The summed E-state index contributed by atoms with van der Waals surface area (Å²) in [5, 5.41) is 0.582. The molecule has 0 aliphatic rings. The van der Waals surface area contributed by atoms with Gasteiger partial charge in [0.25, 0.3) is 0 Å². The van der Waals surface area contributed by atoms with Gasteiger partial charge in [0.15, 0.2) is 0 Å². The third kappa shape index (κ3) is 3.00. The van der Waals surface area contributed by atoms with Crippen molar-refractivity contribution in [2.45, 2.75) is 19.6 Å². The Morgan fingerprint density at radius 3 is 2.61 bits per heavy atom. The molecular formula is C14H15ClN2O. The van der Waals surface area contributed by atoms with Crippen LogP contribution in [0, 0.1) is 0 Å². The van der Waals surface area contributed by atoms with E-state index in [4.69, 9.17) is 22.1 Å². The standard InChI is InChI=1S/C14H15ClN2O/c1-10(12-4-6-17-7-5-12)18-14-3-2-11(9-16)8-13(14)15/h2-8,10H,9,16H2,1H3. The van der Waals surface area contributed by atoms with Crippen molar-refractivity contribution in [1.82, 2.24) is 4.98 Å². The zero-order chi connectivity index (χ0) is 13.0. The number of benzene rings is 1. The number of hydrogen-bond acceptors (Lipinski definition) is 3. The lowest BCUT2D eigenvalue weighted by Gasteiger charge is -2.16. The fourth-order valence-corrected chi connectivity index (χ4v) is 1.91. The van der Waals surface area contributed by atoms with E-state index in [0.717, 1.165) is 11.1 Å². The van der Waals surface area contributed by atoms with Gasteiger partial charge in [-0.3, -0.25) is 4.98 Å². The van der Waals surface area contributed by atoms with Crippen molar-refractivity contribution < 1.29 is 4.74 Å². The highest BCUT2D eigenvalue weighted by molar-refractivity contribution is 6.32. The summed E-state index contributed by atoms with van der Waals surface area (Å²) in [6.07, 6.45) is 3.41. The number of aromatic nitrogens is 1. The van der Waals surface area contributed by atoms with Crippen molar-refractivity contribution in [2.75, 3.05) is 0 Å². The second-order valence-corrected chi connectivity index (χ2v) is 4.42. The van der Waals surface area contributed by atoms with Crippen molar-refractivity contribution in [1.29, 1.82) is 0 Å². The molecule has 0 bridgehead atoms. The second kappa shape index (κ2) is 5.85. The first-order valence-electron chi connectivity index (χ1n) is 5.76. The van der Waals surface area contributed by atoms with Crippen LogP contribution in [0.2, 0.25) is 5.02 Å². The van der Waals surface area contributed by atoms with Crippen LogP contribution in [0.3, 0.4) is 0 Å². The van der Waals surface area contributed by atoms with Gasteiger partial charge in [-0.25, -0.2) is 0 Å². The number of rotatable bonds is 4. The predicted octanol–water partition coefficient (Wildman–Crippen LogP) is 3.33. The van der Waals surface area contributed by atoms with Crippen molar-refractivity contribution in [3.8, 4) is 5.75 Å². The summed E-state index contributed by atoms with van der Waals surface area (Å²) in [6, 6.07) is 9.44. The van der Waals surface area contributed by atoms with Crippen LogP contribution in [-0.4, -0.2) is 4.98 Å². The molecule has 0 aliphatic carbocycles. The Kier molecular flexibility index (Phi) is 4.18. The molecule has 2 aromatic rings. The molecule has 94 valence electrons. The third-order valence-electron chi connectivity index (χ3n) is 2.71. The lowest BCUT2D eigenvalue weighted by atomic mass is 10.1. The zero-order valence-electron chi connectivity index (χ0n) is 10.1. The van der Waals surface area contributed by atoms with Gasteiger partial charge in [-0.05, 0) is 42.3 Å². The molecule has 2 rings (SSSR count). The summed E-state index contributed by atoms with van der Waals surface area (Å²) in [5.41, 5.74) is 7.60. The molecule has 18 heavy (non-hydrogen) atoms. The van der Waals surface area contributed by atoms with Crippen molar-refractivity contribution >= 4 is 11.6 Å². The Labute approximate surface area is 112 Å². The Bertz CT molecular complexity index is 516. The Hall–Kier alpha value is -1.58. The highest BCUT2D eigenvalue weighted by Crippen LogP contribution is 2.29. The van der Waals surface area contributed by atoms with E-state index in [9.17, 15) is 0 Å². The lowest BCUT2D eigenvalue weighted by molar-refractivity contribution is 0.227.